The van der Waals surface area contributed by atoms with Crippen LogP contribution in [0.4, 0.5) is 10.8 Å². The third-order valence-corrected chi connectivity index (χ3v) is 7.40. The van der Waals surface area contributed by atoms with Crippen LogP contribution in [-0.4, -0.2) is 37.9 Å². The number of hydrogen-bond acceptors (Lipinski definition) is 7. The minimum Gasteiger partial charge on any atom is -0.497 e. The second-order valence-corrected chi connectivity index (χ2v) is 10.7. The molecule has 0 radical (unpaired) electrons. The van der Waals surface area contributed by atoms with Crippen LogP contribution in [0.3, 0.4) is 0 Å². The summed E-state index contributed by atoms with van der Waals surface area (Å²) in [6, 6.07) is 21.5. The number of rotatable bonds is 8. The van der Waals surface area contributed by atoms with Gasteiger partial charge in [-0.1, -0.05) is 35.6 Å². The molecule has 0 aliphatic rings. The number of amides is 1. The van der Waals surface area contributed by atoms with Gasteiger partial charge < -0.3 is 4.74 Å². The number of carbonyl (C=O) groups is 1. The van der Waals surface area contributed by atoms with Crippen molar-refractivity contribution in [3.05, 3.63) is 89.5 Å². The zero-order valence-corrected chi connectivity index (χ0v) is 21.1. The number of aromatic nitrogens is 2. The van der Waals surface area contributed by atoms with Crippen molar-refractivity contribution >= 4 is 38.1 Å². The number of aryl methyl sites for hydroxylation is 1. The Bertz CT molecular complexity index is 1430. The fourth-order valence-corrected chi connectivity index (χ4v) is 5.04. The van der Waals surface area contributed by atoms with Gasteiger partial charge in [0, 0.05) is 11.1 Å². The summed E-state index contributed by atoms with van der Waals surface area (Å²) >= 11 is 1.25. The van der Waals surface area contributed by atoms with Crippen molar-refractivity contribution < 1.29 is 17.9 Å². The summed E-state index contributed by atoms with van der Waals surface area (Å²) in [7, 11) is -1.93. The molecule has 0 unspecified atom stereocenters. The molecule has 1 aromatic heterocycles. The zero-order valence-electron chi connectivity index (χ0n) is 19.4. The second-order valence-electron chi connectivity index (χ2n) is 7.84. The maximum Gasteiger partial charge on any atom is 0.257 e. The highest BCUT2D eigenvalue weighted by Gasteiger charge is 2.19. The van der Waals surface area contributed by atoms with Gasteiger partial charge in [-0.25, -0.2) is 8.42 Å². The molecule has 0 fully saturated rings. The third kappa shape index (κ3) is 5.84. The van der Waals surface area contributed by atoms with Crippen molar-refractivity contribution in [2.75, 3.05) is 23.0 Å². The van der Waals surface area contributed by atoms with E-state index in [4.69, 9.17) is 4.74 Å². The Balaban J connectivity index is 1.48. The first-order valence-electron chi connectivity index (χ1n) is 10.7. The molecule has 8 nitrogen and oxygen atoms in total. The number of hydrogen-bond donors (Lipinski definition) is 1. The highest BCUT2D eigenvalue weighted by atomic mass is 32.2. The van der Waals surface area contributed by atoms with Crippen molar-refractivity contribution in [2.45, 2.75) is 13.5 Å². The third-order valence-electron chi connectivity index (χ3n) is 5.38. The summed E-state index contributed by atoms with van der Waals surface area (Å²) in [5, 5.41) is 12.0. The fourth-order valence-electron chi connectivity index (χ4n) is 3.41. The Kier molecular flexibility index (Phi) is 7.13. The molecule has 0 bridgehead atoms. The number of benzene rings is 3. The minimum absolute atomic E-state index is 0.204. The Morgan fingerprint density at radius 2 is 1.69 bits per heavy atom. The molecule has 0 aliphatic heterocycles. The quantitative estimate of drug-likeness (QED) is 0.369. The molecule has 0 spiro atoms. The summed E-state index contributed by atoms with van der Waals surface area (Å²) in [5.74, 6) is 0.377. The predicted molar refractivity (Wildman–Crippen MR) is 138 cm³/mol. The standard InChI is InChI=1S/C25H24N4O4S2/c1-17-6-4-5-7-20(17)16-29(35(3,31)32)21-12-8-18(9-13-21)23(30)26-25-28-27-24(34-25)19-10-14-22(33-2)15-11-19/h4-15H,16H2,1-3H3,(H,26,28,30). The predicted octanol–water partition coefficient (Wildman–Crippen LogP) is 4.74. The molecule has 1 N–H and O–H groups in total. The number of nitrogens with zero attached hydrogens (tertiary/aromatic N) is 3. The van der Waals surface area contributed by atoms with Crippen LogP contribution in [0.2, 0.25) is 0 Å². The highest BCUT2D eigenvalue weighted by molar-refractivity contribution is 7.92. The lowest BCUT2D eigenvalue weighted by Crippen LogP contribution is -2.29. The Morgan fingerprint density at radius 3 is 2.31 bits per heavy atom. The lowest BCUT2D eigenvalue weighted by atomic mass is 10.1. The Hall–Kier alpha value is -3.76. The fraction of sp³-hybridized carbons (Fsp3) is 0.160. The lowest BCUT2D eigenvalue weighted by Gasteiger charge is -2.23. The van der Waals surface area contributed by atoms with Crippen LogP contribution in [0.1, 0.15) is 21.5 Å². The van der Waals surface area contributed by atoms with Crippen molar-refractivity contribution in [3.63, 3.8) is 0 Å². The zero-order chi connectivity index (χ0) is 25.0. The molecule has 0 saturated carbocycles. The Morgan fingerprint density at radius 1 is 1.00 bits per heavy atom. The first-order chi connectivity index (χ1) is 16.7. The van der Waals surface area contributed by atoms with Crippen LogP contribution in [0, 0.1) is 6.92 Å². The number of anilines is 2. The van der Waals surface area contributed by atoms with E-state index in [-0.39, 0.29) is 12.5 Å². The highest BCUT2D eigenvalue weighted by Crippen LogP contribution is 2.28. The number of sulfonamides is 1. The Labute approximate surface area is 208 Å². The molecule has 1 amide bonds. The van der Waals surface area contributed by atoms with Crippen molar-refractivity contribution in [3.8, 4) is 16.3 Å². The van der Waals surface area contributed by atoms with E-state index in [2.05, 4.69) is 15.5 Å². The van der Waals surface area contributed by atoms with E-state index < -0.39 is 10.0 Å². The molecular weight excluding hydrogens is 484 g/mol. The average Bonchev–Trinajstić information content (AvgIpc) is 3.31. The van der Waals surface area contributed by atoms with Crippen molar-refractivity contribution in [1.29, 1.82) is 0 Å². The van der Waals surface area contributed by atoms with Gasteiger partial charge >= 0.3 is 0 Å². The van der Waals surface area contributed by atoms with E-state index in [1.807, 2.05) is 55.5 Å². The first kappa shape index (κ1) is 24.4. The maximum atomic E-state index is 12.7. The van der Waals surface area contributed by atoms with Gasteiger partial charge in [-0.3, -0.25) is 14.4 Å². The van der Waals surface area contributed by atoms with Crippen LogP contribution in [0.15, 0.2) is 72.8 Å². The van der Waals surface area contributed by atoms with Crippen LogP contribution in [0.5, 0.6) is 5.75 Å². The molecule has 10 heteroatoms. The second kappa shape index (κ2) is 10.2. The summed E-state index contributed by atoms with van der Waals surface area (Å²) in [4.78, 5) is 12.7. The largest absolute Gasteiger partial charge is 0.497 e. The van der Waals surface area contributed by atoms with E-state index in [9.17, 15) is 13.2 Å². The van der Waals surface area contributed by atoms with Gasteiger partial charge in [-0.05, 0) is 66.6 Å². The van der Waals surface area contributed by atoms with Crippen LogP contribution < -0.4 is 14.4 Å². The summed E-state index contributed by atoms with van der Waals surface area (Å²) in [6.45, 7) is 2.15. The molecule has 4 aromatic rings. The smallest absolute Gasteiger partial charge is 0.257 e. The van der Waals surface area contributed by atoms with E-state index in [0.717, 1.165) is 22.4 Å². The number of methoxy groups -OCH3 is 1. The number of carbonyl (C=O) groups excluding carboxylic acids is 1. The normalized spacial score (nSPS) is 11.2. The van der Waals surface area contributed by atoms with Gasteiger partial charge in [-0.2, -0.15) is 0 Å². The van der Waals surface area contributed by atoms with Crippen molar-refractivity contribution in [1.82, 2.24) is 10.2 Å². The van der Waals surface area contributed by atoms with Gasteiger partial charge in [0.05, 0.1) is 25.6 Å². The molecule has 0 atom stereocenters. The van der Waals surface area contributed by atoms with E-state index >= 15 is 0 Å². The molecule has 0 aliphatic carbocycles. The molecule has 1 heterocycles. The molecular formula is C25H24N4O4S2. The van der Waals surface area contributed by atoms with Gasteiger partial charge in [0.15, 0.2) is 0 Å². The van der Waals surface area contributed by atoms with Crippen LogP contribution in [-0.2, 0) is 16.6 Å². The molecule has 35 heavy (non-hydrogen) atoms. The SMILES string of the molecule is COc1ccc(-c2nnc(NC(=O)c3ccc(N(Cc4ccccc4C)S(C)(=O)=O)cc3)s2)cc1. The average molecular weight is 509 g/mol. The minimum atomic E-state index is -3.53. The molecule has 0 saturated heterocycles. The molecule has 4 rings (SSSR count). The van der Waals surface area contributed by atoms with E-state index in [1.54, 1.807) is 31.4 Å². The topological polar surface area (TPSA) is 101 Å². The monoisotopic (exact) mass is 508 g/mol. The molecule has 180 valence electrons. The van der Waals surface area contributed by atoms with Gasteiger partial charge in [0.25, 0.3) is 5.91 Å². The summed E-state index contributed by atoms with van der Waals surface area (Å²) in [5.41, 5.74) is 3.62. The summed E-state index contributed by atoms with van der Waals surface area (Å²) in [6.07, 6.45) is 1.17. The van der Waals surface area contributed by atoms with Gasteiger partial charge in [0.2, 0.25) is 15.2 Å². The van der Waals surface area contributed by atoms with Crippen LogP contribution in [0.25, 0.3) is 10.6 Å². The lowest BCUT2D eigenvalue weighted by molar-refractivity contribution is 0.102. The maximum absolute atomic E-state index is 12.7. The molecule has 3 aromatic carbocycles. The first-order valence-corrected chi connectivity index (χ1v) is 13.3. The van der Waals surface area contributed by atoms with Crippen molar-refractivity contribution in [2.24, 2.45) is 0 Å². The number of ether oxygens (including phenoxy) is 1. The van der Waals surface area contributed by atoms with E-state index in [1.165, 1.54) is 21.9 Å². The van der Waals surface area contributed by atoms with Gasteiger partial charge in [-0.15, -0.1) is 10.2 Å². The summed E-state index contributed by atoms with van der Waals surface area (Å²) < 4.78 is 31.5. The van der Waals surface area contributed by atoms with Gasteiger partial charge in [0.1, 0.15) is 10.8 Å². The number of nitrogens with one attached hydrogen (secondary N) is 1. The van der Waals surface area contributed by atoms with Crippen LogP contribution >= 0.6 is 11.3 Å². The van der Waals surface area contributed by atoms with E-state index in [0.29, 0.717) is 21.4 Å².